The van der Waals surface area contributed by atoms with E-state index in [1.165, 1.54) is 35.0 Å². The van der Waals surface area contributed by atoms with Gasteiger partial charge in [0.05, 0.1) is 5.69 Å². The number of nitrogens with one attached hydrogen (secondary N) is 1. The number of hydrogen-bond donors (Lipinski definition) is 1. The lowest BCUT2D eigenvalue weighted by molar-refractivity contribution is 0.213. The van der Waals surface area contributed by atoms with Crippen molar-refractivity contribution < 1.29 is 0 Å². The van der Waals surface area contributed by atoms with Crippen molar-refractivity contribution in [2.45, 2.75) is 44.7 Å². The predicted molar refractivity (Wildman–Crippen MR) is 85.8 cm³/mol. The first-order chi connectivity index (χ1) is 9.72. The van der Waals surface area contributed by atoms with Gasteiger partial charge in [-0.3, -0.25) is 4.90 Å². The Kier molecular flexibility index (Phi) is 4.29. The molecule has 1 aromatic rings. The van der Waals surface area contributed by atoms with Gasteiger partial charge in [0.2, 0.25) is 0 Å². The molecule has 3 rings (SSSR count). The zero-order valence-corrected chi connectivity index (χ0v) is 13.7. The highest BCUT2D eigenvalue weighted by atomic mass is 32.1. The van der Waals surface area contributed by atoms with Crippen molar-refractivity contribution in [3.8, 4) is 0 Å². The van der Waals surface area contributed by atoms with E-state index in [0.29, 0.717) is 6.04 Å². The molecule has 1 aliphatic heterocycles. The molecule has 2 aliphatic rings. The van der Waals surface area contributed by atoms with Gasteiger partial charge in [0.15, 0.2) is 5.13 Å². The molecule has 5 heteroatoms. The molecule has 1 aromatic heterocycles. The lowest BCUT2D eigenvalue weighted by Crippen LogP contribution is -2.51. The summed E-state index contributed by atoms with van der Waals surface area (Å²) in [5, 5.41) is 4.55. The summed E-state index contributed by atoms with van der Waals surface area (Å²) in [6, 6.07) is 0.671. The third-order valence-electron chi connectivity index (χ3n) is 4.54. The molecular formula is C15H26N4S. The van der Waals surface area contributed by atoms with Gasteiger partial charge in [0.1, 0.15) is 0 Å². The van der Waals surface area contributed by atoms with E-state index in [1.54, 1.807) is 0 Å². The lowest BCUT2D eigenvalue weighted by atomic mass is 10.1. The average Bonchev–Trinajstić information content (AvgIpc) is 3.21. The maximum atomic E-state index is 4.99. The highest BCUT2D eigenvalue weighted by Gasteiger charge is 2.31. The fourth-order valence-corrected chi connectivity index (χ4v) is 4.20. The molecule has 1 atom stereocenters. The predicted octanol–water partition coefficient (Wildman–Crippen LogP) is 2.27. The zero-order chi connectivity index (χ0) is 14.1. The van der Waals surface area contributed by atoms with Gasteiger partial charge in [-0.15, -0.1) is 11.3 Å². The van der Waals surface area contributed by atoms with E-state index in [2.05, 4.69) is 29.1 Å². The van der Waals surface area contributed by atoms with Gasteiger partial charge in [-0.05, 0) is 33.4 Å². The number of thiazole rings is 1. The number of anilines is 1. The monoisotopic (exact) mass is 294 g/mol. The Labute approximate surface area is 126 Å². The SMILES string of the molecule is CCC1CN(c2nc(C3CC3)c(CNC)s2)CCN1C. The number of nitrogens with zero attached hydrogens (tertiary/aromatic N) is 3. The standard InChI is InChI=1S/C15H26N4S/c1-4-12-10-19(8-7-18(12)3)15-17-14(11-5-6-11)13(20-15)9-16-2/h11-12,16H,4-10H2,1-3H3. The first-order valence-electron chi connectivity index (χ1n) is 7.82. The molecule has 0 amide bonds. The van der Waals surface area contributed by atoms with Gasteiger partial charge in [-0.1, -0.05) is 6.92 Å². The zero-order valence-electron chi connectivity index (χ0n) is 12.9. The van der Waals surface area contributed by atoms with Crippen molar-refractivity contribution in [3.63, 3.8) is 0 Å². The second-order valence-corrected chi connectivity index (χ2v) is 7.16. The Balaban J connectivity index is 1.77. The van der Waals surface area contributed by atoms with Crippen LogP contribution >= 0.6 is 11.3 Å². The Morgan fingerprint density at radius 1 is 1.35 bits per heavy atom. The Bertz CT molecular complexity index is 455. The number of likely N-dealkylation sites (N-methyl/N-ethyl adjacent to an activating group) is 1. The van der Waals surface area contributed by atoms with Gasteiger partial charge in [-0.25, -0.2) is 4.98 Å². The van der Waals surface area contributed by atoms with E-state index in [-0.39, 0.29) is 0 Å². The number of hydrogen-bond acceptors (Lipinski definition) is 5. The molecule has 1 unspecified atom stereocenters. The van der Waals surface area contributed by atoms with Crippen LogP contribution in [0.4, 0.5) is 5.13 Å². The maximum absolute atomic E-state index is 4.99. The first kappa shape index (κ1) is 14.3. The van der Waals surface area contributed by atoms with E-state index in [4.69, 9.17) is 4.98 Å². The quantitative estimate of drug-likeness (QED) is 0.903. The van der Waals surface area contributed by atoms with Gasteiger partial charge in [0.25, 0.3) is 0 Å². The summed E-state index contributed by atoms with van der Waals surface area (Å²) in [4.78, 5) is 11.4. The van der Waals surface area contributed by atoms with Crippen molar-refractivity contribution in [3.05, 3.63) is 10.6 Å². The fourth-order valence-electron chi connectivity index (χ4n) is 3.01. The fraction of sp³-hybridized carbons (Fsp3) is 0.800. The summed E-state index contributed by atoms with van der Waals surface area (Å²) in [7, 11) is 4.27. The second kappa shape index (κ2) is 6.00. The van der Waals surface area contributed by atoms with E-state index in [1.807, 2.05) is 18.4 Å². The molecule has 0 spiro atoms. The van der Waals surface area contributed by atoms with Gasteiger partial charge < -0.3 is 10.2 Å². The lowest BCUT2D eigenvalue weighted by Gasteiger charge is -2.39. The van der Waals surface area contributed by atoms with Gasteiger partial charge in [-0.2, -0.15) is 0 Å². The summed E-state index contributed by atoms with van der Waals surface area (Å²) in [5.41, 5.74) is 1.38. The second-order valence-electron chi connectivity index (χ2n) is 6.10. The van der Waals surface area contributed by atoms with E-state index >= 15 is 0 Å². The summed E-state index contributed by atoms with van der Waals surface area (Å²) in [6.45, 7) is 6.65. The molecule has 0 radical (unpaired) electrons. The molecular weight excluding hydrogens is 268 g/mol. The maximum Gasteiger partial charge on any atom is 0.185 e. The molecule has 1 N–H and O–H groups in total. The largest absolute Gasteiger partial charge is 0.345 e. The molecule has 2 heterocycles. The normalized spacial score (nSPS) is 24.4. The van der Waals surface area contributed by atoms with Crippen LogP contribution in [0.5, 0.6) is 0 Å². The summed E-state index contributed by atoms with van der Waals surface area (Å²) in [5.74, 6) is 0.748. The van der Waals surface area contributed by atoms with E-state index < -0.39 is 0 Å². The molecule has 1 saturated heterocycles. The van der Waals surface area contributed by atoms with Crippen LogP contribution in [0.2, 0.25) is 0 Å². The average molecular weight is 294 g/mol. The van der Waals surface area contributed by atoms with E-state index in [9.17, 15) is 0 Å². The molecule has 0 aromatic carbocycles. The third kappa shape index (κ3) is 2.85. The Morgan fingerprint density at radius 3 is 2.80 bits per heavy atom. The third-order valence-corrected chi connectivity index (χ3v) is 5.67. The molecule has 1 aliphatic carbocycles. The molecule has 4 nitrogen and oxygen atoms in total. The van der Waals surface area contributed by atoms with Crippen LogP contribution in [0.1, 0.15) is 42.7 Å². The van der Waals surface area contributed by atoms with E-state index in [0.717, 1.165) is 32.1 Å². The summed E-state index contributed by atoms with van der Waals surface area (Å²) >= 11 is 1.91. The van der Waals surface area contributed by atoms with Gasteiger partial charge in [0, 0.05) is 43.0 Å². The molecule has 0 bridgehead atoms. The van der Waals surface area contributed by atoms with Crippen molar-refractivity contribution in [2.75, 3.05) is 38.6 Å². The van der Waals surface area contributed by atoms with Crippen LogP contribution in [-0.2, 0) is 6.54 Å². The van der Waals surface area contributed by atoms with Crippen molar-refractivity contribution in [1.29, 1.82) is 0 Å². The summed E-state index contributed by atoms with van der Waals surface area (Å²) in [6.07, 6.45) is 3.89. The van der Waals surface area contributed by atoms with Crippen LogP contribution in [0, 0.1) is 0 Å². The minimum absolute atomic E-state index is 0.671. The number of aromatic nitrogens is 1. The van der Waals surface area contributed by atoms with Crippen molar-refractivity contribution in [2.24, 2.45) is 0 Å². The van der Waals surface area contributed by atoms with Crippen LogP contribution in [-0.4, -0.2) is 49.7 Å². The molecule has 20 heavy (non-hydrogen) atoms. The number of rotatable bonds is 5. The minimum Gasteiger partial charge on any atom is -0.345 e. The van der Waals surface area contributed by atoms with Crippen molar-refractivity contribution >= 4 is 16.5 Å². The Morgan fingerprint density at radius 2 is 2.15 bits per heavy atom. The van der Waals surface area contributed by atoms with Gasteiger partial charge >= 0.3 is 0 Å². The highest BCUT2D eigenvalue weighted by Crippen LogP contribution is 2.44. The highest BCUT2D eigenvalue weighted by molar-refractivity contribution is 7.15. The van der Waals surface area contributed by atoms with Crippen LogP contribution in [0.3, 0.4) is 0 Å². The Hall–Kier alpha value is -0.650. The van der Waals surface area contributed by atoms with Crippen LogP contribution in [0.15, 0.2) is 0 Å². The molecule has 1 saturated carbocycles. The smallest absolute Gasteiger partial charge is 0.185 e. The van der Waals surface area contributed by atoms with Crippen molar-refractivity contribution in [1.82, 2.24) is 15.2 Å². The summed E-state index contributed by atoms with van der Waals surface area (Å²) < 4.78 is 0. The topological polar surface area (TPSA) is 31.4 Å². The number of piperazine rings is 1. The van der Waals surface area contributed by atoms with Crippen LogP contribution < -0.4 is 10.2 Å². The van der Waals surface area contributed by atoms with Crippen LogP contribution in [0.25, 0.3) is 0 Å². The minimum atomic E-state index is 0.671. The molecule has 2 fully saturated rings. The molecule has 112 valence electrons. The first-order valence-corrected chi connectivity index (χ1v) is 8.64.